The van der Waals surface area contributed by atoms with E-state index in [1.165, 1.54) is 18.6 Å². The van der Waals surface area contributed by atoms with Gasteiger partial charge in [-0.05, 0) is 73.9 Å². The summed E-state index contributed by atoms with van der Waals surface area (Å²) in [6.07, 6.45) is 5.13. The molecule has 1 saturated carbocycles. The van der Waals surface area contributed by atoms with Gasteiger partial charge in [0.1, 0.15) is 5.82 Å². The van der Waals surface area contributed by atoms with Crippen LogP contribution in [0.4, 0.5) is 15.8 Å². The summed E-state index contributed by atoms with van der Waals surface area (Å²) in [6.45, 7) is 0. The average molecular weight is 466 g/mol. The van der Waals surface area contributed by atoms with Crippen molar-refractivity contribution in [3.05, 3.63) is 90.2 Å². The van der Waals surface area contributed by atoms with Gasteiger partial charge in [-0.25, -0.2) is 14.4 Å². The van der Waals surface area contributed by atoms with Crippen molar-refractivity contribution < 1.29 is 9.13 Å². The van der Waals surface area contributed by atoms with Crippen molar-refractivity contribution in [1.82, 2.24) is 14.5 Å². The predicted molar refractivity (Wildman–Crippen MR) is 135 cm³/mol. The lowest BCUT2D eigenvalue weighted by atomic mass is 9.94. The fourth-order valence-electron chi connectivity index (χ4n) is 4.36. The van der Waals surface area contributed by atoms with E-state index in [1.54, 1.807) is 25.4 Å². The molecule has 0 amide bonds. The van der Waals surface area contributed by atoms with Gasteiger partial charge in [0, 0.05) is 11.8 Å². The van der Waals surface area contributed by atoms with Gasteiger partial charge in [0.25, 0.3) is 0 Å². The molecule has 35 heavy (non-hydrogen) atoms. The highest BCUT2D eigenvalue weighted by Gasteiger charge is 2.19. The summed E-state index contributed by atoms with van der Waals surface area (Å²) in [5.41, 5.74) is 6.08. The molecule has 1 aromatic heterocycles. The minimum atomic E-state index is -0.266. The van der Waals surface area contributed by atoms with E-state index in [1.807, 2.05) is 42.5 Å². The monoisotopic (exact) mass is 465 g/mol. The van der Waals surface area contributed by atoms with Gasteiger partial charge in [-0.3, -0.25) is 4.99 Å². The average Bonchev–Trinajstić information content (AvgIpc) is 2.86. The fourth-order valence-corrected chi connectivity index (χ4v) is 4.36. The third-order valence-electron chi connectivity index (χ3n) is 6.40. The van der Waals surface area contributed by atoms with Crippen LogP contribution in [0.3, 0.4) is 0 Å². The third kappa shape index (κ3) is 4.10. The highest BCUT2D eigenvalue weighted by molar-refractivity contribution is 5.84. The van der Waals surface area contributed by atoms with Crippen molar-refractivity contribution in [3.63, 3.8) is 0 Å². The lowest BCUT2D eigenvalue weighted by molar-refractivity contribution is 0.398. The van der Waals surface area contributed by atoms with Crippen LogP contribution in [0.25, 0.3) is 28.1 Å². The van der Waals surface area contributed by atoms with Crippen LogP contribution in [0.2, 0.25) is 0 Å². The number of halogens is 1. The summed E-state index contributed by atoms with van der Waals surface area (Å²) in [6, 6.07) is 22.7. The van der Waals surface area contributed by atoms with Crippen LogP contribution in [-0.2, 0) is 0 Å². The summed E-state index contributed by atoms with van der Waals surface area (Å²) in [5.74, 6) is 0.291. The molecular weight excluding hydrogens is 441 g/mol. The molecule has 1 aliphatic heterocycles. The highest BCUT2D eigenvalue weighted by Crippen LogP contribution is 2.31. The zero-order valence-electron chi connectivity index (χ0n) is 19.3. The van der Waals surface area contributed by atoms with Crippen molar-refractivity contribution in [2.45, 2.75) is 25.3 Å². The zero-order valence-corrected chi connectivity index (χ0v) is 19.3. The second-order valence-electron chi connectivity index (χ2n) is 8.70. The maximum absolute atomic E-state index is 13.7. The molecule has 0 unspecified atom stereocenters. The van der Waals surface area contributed by atoms with E-state index in [-0.39, 0.29) is 5.82 Å². The maximum atomic E-state index is 13.7. The summed E-state index contributed by atoms with van der Waals surface area (Å²) in [4.78, 5) is 14.3. The van der Waals surface area contributed by atoms with Crippen LogP contribution in [0.15, 0.2) is 84.0 Å². The second kappa shape index (κ2) is 8.83. The van der Waals surface area contributed by atoms with Crippen LogP contribution >= 0.6 is 0 Å². The Labute approximate surface area is 202 Å². The number of fused-ring (bicyclic) bond motifs is 2. The molecule has 1 N–H and O–H groups in total. The van der Waals surface area contributed by atoms with Gasteiger partial charge < -0.3 is 14.6 Å². The maximum Gasteiger partial charge on any atom is 0.213 e. The van der Waals surface area contributed by atoms with Crippen molar-refractivity contribution >= 4 is 22.4 Å². The SMILES string of the molecule is COc1ccc(Nc2cc3nc4ccccc4n(-c4ccc(F)cc4)c-3cc2=NC2CCC2)cn1. The molecule has 174 valence electrons. The van der Waals surface area contributed by atoms with E-state index in [2.05, 4.69) is 20.9 Å². The van der Waals surface area contributed by atoms with Crippen LogP contribution in [0, 0.1) is 5.82 Å². The third-order valence-corrected chi connectivity index (χ3v) is 6.40. The van der Waals surface area contributed by atoms with Crippen molar-refractivity contribution in [1.29, 1.82) is 0 Å². The van der Waals surface area contributed by atoms with Gasteiger partial charge in [-0.2, -0.15) is 0 Å². The molecule has 0 radical (unpaired) electrons. The number of rotatable bonds is 5. The summed E-state index contributed by atoms with van der Waals surface area (Å²) in [7, 11) is 1.60. The Balaban J connectivity index is 1.59. The molecule has 6 rings (SSSR count). The van der Waals surface area contributed by atoms with Gasteiger partial charge >= 0.3 is 0 Å². The topological polar surface area (TPSA) is 64.3 Å². The van der Waals surface area contributed by atoms with Gasteiger partial charge in [-0.15, -0.1) is 0 Å². The number of nitrogens with zero attached hydrogens (tertiary/aromatic N) is 4. The number of aromatic nitrogens is 3. The molecule has 7 heteroatoms. The van der Waals surface area contributed by atoms with Crippen molar-refractivity contribution in [3.8, 4) is 23.0 Å². The lowest BCUT2D eigenvalue weighted by Gasteiger charge is -2.23. The largest absolute Gasteiger partial charge is 0.481 e. The van der Waals surface area contributed by atoms with Crippen LogP contribution in [-0.4, -0.2) is 27.7 Å². The number of ether oxygens (including phenoxy) is 1. The summed E-state index contributed by atoms with van der Waals surface area (Å²) >= 11 is 0. The van der Waals surface area contributed by atoms with Crippen LogP contribution < -0.4 is 15.4 Å². The number of nitrogens with one attached hydrogen (secondary N) is 1. The number of hydrogen-bond donors (Lipinski definition) is 1. The molecular formula is C28H24FN5O. The first-order valence-electron chi connectivity index (χ1n) is 11.7. The molecule has 2 aliphatic carbocycles. The standard InChI is InChI=1S/C28H24FN5O/c1-35-28-14-11-20(17-30-28)32-23-15-25-27(16-24(23)31-19-5-4-6-19)34(21-12-9-18(29)10-13-21)26-8-3-2-7-22(26)33-25/h2-3,7-17,19,32H,4-6H2,1H3. The molecule has 3 aliphatic rings. The molecule has 0 atom stereocenters. The van der Waals surface area contributed by atoms with Gasteiger partial charge in [0.15, 0.2) is 0 Å². The fraction of sp³-hybridized carbons (Fsp3) is 0.179. The Bertz CT molecular complexity index is 1540. The first kappa shape index (κ1) is 21.3. The number of benzene rings is 3. The Morgan fingerprint density at radius 3 is 2.57 bits per heavy atom. The quantitative estimate of drug-likeness (QED) is 0.330. The molecule has 2 aromatic carbocycles. The predicted octanol–water partition coefficient (Wildman–Crippen LogP) is 5.87. The molecule has 0 bridgehead atoms. The first-order valence-corrected chi connectivity index (χ1v) is 11.7. The van der Waals surface area contributed by atoms with Crippen LogP contribution in [0.5, 0.6) is 5.88 Å². The van der Waals surface area contributed by atoms with Gasteiger partial charge in [-0.1, -0.05) is 12.1 Å². The smallest absolute Gasteiger partial charge is 0.213 e. The molecule has 2 heterocycles. The first-order chi connectivity index (χ1) is 17.2. The normalized spacial score (nSPS) is 14.3. The Kier molecular flexibility index (Phi) is 5.37. The van der Waals surface area contributed by atoms with E-state index in [0.29, 0.717) is 11.9 Å². The number of methoxy groups -OCH3 is 1. The number of para-hydroxylation sites is 2. The van der Waals surface area contributed by atoms with Crippen molar-refractivity contribution in [2.24, 2.45) is 4.99 Å². The molecule has 0 saturated heterocycles. The van der Waals surface area contributed by atoms with E-state index in [0.717, 1.165) is 57.7 Å². The number of pyridine rings is 1. The minimum absolute atomic E-state index is 0.266. The summed E-state index contributed by atoms with van der Waals surface area (Å²) in [5, 5.41) is 4.34. The van der Waals surface area contributed by atoms with E-state index in [9.17, 15) is 4.39 Å². The number of hydrogen-bond acceptors (Lipinski definition) is 5. The Morgan fingerprint density at radius 2 is 1.86 bits per heavy atom. The van der Waals surface area contributed by atoms with Gasteiger partial charge in [0.2, 0.25) is 5.88 Å². The van der Waals surface area contributed by atoms with Gasteiger partial charge in [0.05, 0.1) is 58.5 Å². The molecule has 3 aromatic rings. The summed E-state index contributed by atoms with van der Waals surface area (Å²) < 4.78 is 21.0. The Morgan fingerprint density at radius 1 is 1.03 bits per heavy atom. The molecule has 0 spiro atoms. The zero-order chi connectivity index (χ0) is 23.8. The van der Waals surface area contributed by atoms with E-state index >= 15 is 0 Å². The lowest BCUT2D eigenvalue weighted by Crippen LogP contribution is -2.22. The second-order valence-corrected chi connectivity index (χ2v) is 8.70. The van der Waals surface area contributed by atoms with E-state index in [4.69, 9.17) is 14.7 Å². The molecule has 1 fully saturated rings. The Hall–Kier alpha value is -4.26. The van der Waals surface area contributed by atoms with Crippen LogP contribution in [0.1, 0.15) is 19.3 Å². The van der Waals surface area contributed by atoms with Crippen molar-refractivity contribution in [2.75, 3.05) is 12.4 Å². The number of anilines is 2. The highest BCUT2D eigenvalue weighted by atomic mass is 19.1. The minimum Gasteiger partial charge on any atom is -0.481 e. The van der Waals surface area contributed by atoms with E-state index < -0.39 is 0 Å². The molecule has 6 nitrogen and oxygen atoms in total.